The lowest BCUT2D eigenvalue weighted by Gasteiger charge is -2.22. The van der Waals surface area contributed by atoms with Gasteiger partial charge in [-0.05, 0) is 12.1 Å². The molecule has 0 aliphatic carbocycles. The molecule has 1 saturated heterocycles. The molecule has 1 atom stereocenters. The molecule has 19 heavy (non-hydrogen) atoms. The van der Waals surface area contributed by atoms with Gasteiger partial charge in [0.05, 0.1) is 13.0 Å². The molecule has 4 nitrogen and oxygen atoms in total. The summed E-state index contributed by atoms with van der Waals surface area (Å²) in [6.45, 7) is 4.49. The molecule has 1 aliphatic rings. The van der Waals surface area contributed by atoms with Crippen LogP contribution in [0.5, 0.6) is 0 Å². The van der Waals surface area contributed by atoms with Crippen LogP contribution in [0.2, 0.25) is 0 Å². The molecule has 1 aliphatic heterocycles. The number of para-hydroxylation sites is 1. The van der Waals surface area contributed by atoms with Gasteiger partial charge in [0.1, 0.15) is 0 Å². The number of cyclic esters (lactones) is 1. The molecule has 4 heteroatoms. The molecule has 1 aromatic carbocycles. The Bertz CT molecular complexity index is 470. The Labute approximate surface area is 112 Å². The quantitative estimate of drug-likeness (QED) is 0.601. The van der Waals surface area contributed by atoms with Gasteiger partial charge in [-0.3, -0.25) is 9.59 Å². The van der Waals surface area contributed by atoms with Crippen LogP contribution < -0.4 is 4.90 Å². The molecule has 0 radical (unpaired) electrons. The zero-order chi connectivity index (χ0) is 13.7. The highest BCUT2D eigenvalue weighted by Crippen LogP contribution is 2.21. The Hall–Kier alpha value is -2.10. The first-order valence-corrected chi connectivity index (χ1v) is 6.32. The van der Waals surface area contributed by atoms with Crippen molar-refractivity contribution >= 4 is 17.6 Å². The summed E-state index contributed by atoms with van der Waals surface area (Å²) in [5.74, 6) is -0.224. The second-order valence-corrected chi connectivity index (χ2v) is 4.59. The molecule has 1 amide bonds. The van der Waals surface area contributed by atoms with E-state index in [1.54, 1.807) is 11.0 Å². The topological polar surface area (TPSA) is 46.6 Å². The molecule has 1 heterocycles. The first kappa shape index (κ1) is 13.3. The number of benzene rings is 1. The van der Waals surface area contributed by atoms with E-state index in [0.29, 0.717) is 26.0 Å². The maximum Gasteiger partial charge on any atom is 0.306 e. The fraction of sp³-hybridized carbons (Fsp3) is 0.333. The molecule has 0 aromatic heterocycles. The van der Waals surface area contributed by atoms with Gasteiger partial charge < -0.3 is 9.64 Å². The fourth-order valence-electron chi connectivity index (χ4n) is 2.14. The lowest BCUT2D eigenvalue weighted by Crippen LogP contribution is -2.32. The number of amides is 1. The normalized spacial score (nSPS) is 17.9. The average Bonchev–Trinajstić information content (AvgIpc) is 2.82. The Morgan fingerprint density at radius 1 is 1.42 bits per heavy atom. The summed E-state index contributed by atoms with van der Waals surface area (Å²) in [5.41, 5.74) is 0.845. The first-order chi connectivity index (χ1) is 9.20. The Kier molecular flexibility index (Phi) is 4.34. The molecule has 0 N–H and O–H groups in total. The molecular formula is C15H17NO3. The van der Waals surface area contributed by atoms with Gasteiger partial charge in [0.2, 0.25) is 5.91 Å². The maximum atomic E-state index is 12.3. The smallest absolute Gasteiger partial charge is 0.306 e. The number of carbonyl (C=O) groups is 2. The van der Waals surface area contributed by atoms with Gasteiger partial charge in [-0.25, -0.2) is 0 Å². The van der Waals surface area contributed by atoms with Crippen molar-refractivity contribution in [3.05, 3.63) is 43.0 Å². The minimum atomic E-state index is -0.215. The first-order valence-electron chi connectivity index (χ1n) is 6.32. The lowest BCUT2D eigenvalue weighted by atomic mass is 10.0. The van der Waals surface area contributed by atoms with Crippen LogP contribution in [0.25, 0.3) is 0 Å². The summed E-state index contributed by atoms with van der Waals surface area (Å²) >= 11 is 0. The third-order valence-electron chi connectivity index (χ3n) is 3.08. The van der Waals surface area contributed by atoms with Gasteiger partial charge in [-0.15, -0.1) is 6.58 Å². The van der Waals surface area contributed by atoms with Crippen LogP contribution >= 0.6 is 0 Å². The highest BCUT2D eigenvalue weighted by atomic mass is 16.5. The van der Waals surface area contributed by atoms with E-state index in [9.17, 15) is 9.59 Å². The predicted molar refractivity (Wildman–Crippen MR) is 72.7 cm³/mol. The number of hydrogen-bond acceptors (Lipinski definition) is 3. The van der Waals surface area contributed by atoms with Gasteiger partial charge in [-0.2, -0.15) is 0 Å². The number of esters is 1. The molecule has 0 saturated carbocycles. The Balaban J connectivity index is 2.04. The van der Waals surface area contributed by atoms with E-state index in [0.717, 1.165) is 5.69 Å². The summed E-state index contributed by atoms with van der Waals surface area (Å²) in [7, 11) is 0. The number of carbonyl (C=O) groups excluding carboxylic acids is 2. The van der Waals surface area contributed by atoms with Crippen molar-refractivity contribution in [2.45, 2.75) is 12.8 Å². The fourth-order valence-corrected chi connectivity index (χ4v) is 2.14. The van der Waals surface area contributed by atoms with Crippen LogP contribution in [0, 0.1) is 5.92 Å². The van der Waals surface area contributed by atoms with E-state index in [4.69, 9.17) is 4.74 Å². The van der Waals surface area contributed by atoms with Gasteiger partial charge in [0.15, 0.2) is 0 Å². The number of nitrogens with zero attached hydrogens (tertiary/aromatic N) is 1. The molecule has 100 valence electrons. The third-order valence-corrected chi connectivity index (χ3v) is 3.08. The lowest BCUT2D eigenvalue weighted by molar-refractivity contribution is -0.138. The van der Waals surface area contributed by atoms with E-state index in [-0.39, 0.29) is 17.8 Å². The standard InChI is InChI=1S/C15H17NO3/c1-2-8-16(13-6-4-3-5-7-13)14(17)9-12-10-15(18)19-11-12/h2-7,12H,1,8-11H2/t12-/m1/s1. The van der Waals surface area contributed by atoms with E-state index in [2.05, 4.69) is 6.58 Å². The van der Waals surface area contributed by atoms with Gasteiger partial charge in [-0.1, -0.05) is 24.3 Å². The molecule has 1 aromatic rings. The van der Waals surface area contributed by atoms with E-state index in [1.807, 2.05) is 30.3 Å². The monoisotopic (exact) mass is 259 g/mol. The van der Waals surface area contributed by atoms with E-state index in [1.165, 1.54) is 0 Å². The Morgan fingerprint density at radius 3 is 2.74 bits per heavy atom. The van der Waals surface area contributed by atoms with E-state index < -0.39 is 0 Å². The van der Waals surface area contributed by atoms with Crippen LogP contribution in [0.15, 0.2) is 43.0 Å². The van der Waals surface area contributed by atoms with Crippen molar-refractivity contribution in [3.63, 3.8) is 0 Å². The zero-order valence-electron chi connectivity index (χ0n) is 10.7. The van der Waals surface area contributed by atoms with Crippen LogP contribution in [0.4, 0.5) is 5.69 Å². The van der Waals surface area contributed by atoms with Gasteiger partial charge in [0, 0.05) is 24.6 Å². The third kappa shape index (κ3) is 3.44. The number of rotatable bonds is 5. The van der Waals surface area contributed by atoms with Crippen molar-refractivity contribution in [2.75, 3.05) is 18.1 Å². The molecule has 0 unspecified atom stereocenters. The van der Waals surface area contributed by atoms with Crippen molar-refractivity contribution < 1.29 is 14.3 Å². The van der Waals surface area contributed by atoms with Crippen LogP contribution in [0.3, 0.4) is 0 Å². The molecule has 2 rings (SSSR count). The average molecular weight is 259 g/mol. The van der Waals surface area contributed by atoms with Crippen molar-refractivity contribution in [3.8, 4) is 0 Å². The van der Waals surface area contributed by atoms with Gasteiger partial charge in [0.25, 0.3) is 0 Å². The summed E-state index contributed by atoms with van der Waals surface area (Å²) in [6, 6.07) is 9.46. The second kappa shape index (κ2) is 6.18. The zero-order valence-corrected chi connectivity index (χ0v) is 10.7. The van der Waals surface area contributed by atoms with Crippen LogP contribution in [-0.4, -0.2) is 25.0 Å². The second-order valence-electron chi connectivity index (χ2n) is 4.59. The number of anilines is 1. The number of ether oxygens (including phenoxy) is 1. The summed E-state index contributed by atoms with van der Waals surface area (Å²) in [6.07, 6.45) is 2.36. The molecule has 0 bridgehead atoms. The highest BCUT2D eigenvalue weighted by molar-refractivity contribution is 5.94. The molecule has 0 spiro atoms. The van der Waals surface area contributed by atoms with E-state index >= 15 is 0 Å². The minimum Gasteiger partial charge on any atom is -0.465 e. The van der Waals surface area contributed by atoms with Crippen LogP contribution in [-0.2, 0) is 14.3 Å². The van der Waals surface area contributed by atoms with Crippen molar-refractivity contribution in [1.82, 2.24) is 0 Å². The summed E-state index contributed by atoms with van der Waals surface area (Å²) < 4.78 is 4.88. The summed E-state index contributed by atoms with van der Waals surface area (Å²) in [4.78, 5) is 25.0. The summed E-state index contributed by atoms with van der Waals surface area (Å²) in [5, 5.41) is 0. The Morgan fingerprint density at radius 2 is 2.16 bits per heavy atom. The largest absolute Gasteiger partial charge is 0.465 e. The maximum absolute atomic E-state index is 12.3. The number of hydrogen-bond donors (Lipinski definition) is 0. The minimum absolute atomic E-state index is 0.00368. The SMILES string of the molecule is C=CCN(C(=O)C[C@H]1COC(=O)C1)c1ccccc1. The van der Waals surface area contributed by atoms with Gasteiger partial charge >= 0.3 is 5.97 Å². The molecular weight excluding hydrogens is 242 g/mol. The predicted octanol–water partition coefficient (Wildman–Crippen LogP) is 2.16. The van der Waals surface area contributed by atoms with Crippen molar-refractivity contribution in [2.24, 2.45) is 5.92 Å². The van der Waals surface area contributed by atoms with Crippen LogP contribution in [0.1, 0.15) is 12.8 Å². The van der Waals surface area contributed by atoms with Crippen molar-refractivity contribution in [1.29, 1.82) is 0 Å². The molecule has 1 fully saturated rings. The highest BCUT2D eigenvalue weighted by Gasteiger charge is 2.27.